The molecule has 0 N–H and O–H groups in total. The zero-order chi connectivity index (χ0) is 34.0. The van der Waals surface area contributed by atoms with Gasteiger partial charge >= 0.3 is 14.7 Å². The van der Waals surface area contributed by atoms with Gasteiger partial charge in [0, 0.05) is 11.1 Å². The first-order chi connectivity index (χ1) is 23.5. The highest BCUT2D eigenvalue weighted by molar-refractivity contribution is 7.75. The first-order valence-corrected chi connectivity index (χ1v) is 19.7. The Morgan fingerprint density at radius 1 is 0.510 bits per heavy atom. The van der Waals surface area contributed by atoms with Gasteiger partial charge in [-0.25, -0.2) is 0 Å². The summed E-state index contributed by atoms with van der Waals surface area (Å²) in [4.78, 5) is 0. The highest BCUT2D eigenvalue weighted by atomic mass is 31.2. The third kappa shape index (κ3) is 5.41. The monoisotopic (exact) mass is 678 g/mol. The van der Waals surface area contributed by atoms with E-state index in [-0.39, 0.29) is 5.41 Å². The van der Waals surface area contributed by atoms with Crippen molar-refractivity contribution in [2.75, 3.05) is 0 Å². The number of hydrogen-bond acceptors (Lipinski definition) is 4. The zero-order valence-electron chi connectivity index (χ0n) is 27.9. The molecule has 4 nitrogen and oxygen atoms in total. The fourth-order valence-electron chi connectivity index (χ4n) is 6.64. The maximum Gasteiger partial charge on any atom is 0.307 e. The number of benzene rings is 6. The molecule has 8 rings (SSSR count). The molecule has 0 spiro atoms. The summed E-state index contributed by atoms with van der Waals surface area (Å²) in [5.74, 6) is 1.28. The van der Waals surface area contributed by atoms with Gasteiger partial charge in [0.05, 0.1) is 21.2 Å². The van der Waals surface area contributed by atoms with E-state index in [1.165, 1.54) is 5.56 Å². The molecule has 242 valence electrons. The second-order valence-electron chi connectivity index (χ2n) is 13.8. The number of hydrogen-bond donors (Lipinski definition) is 0. The van der Waals surface area contributed by atoms with Crippen LogP contribution in [0.2, 0.25) is 0 Å². The van der Waals surface area contributed by atoms with E-state index >= 15 is 0 Å². The van der Waals surface area contributed by atoms with Gasteiger partial charge in [0.1, 0.15) is 11.5 Å². The minimum Gasteiger partial charge on any atom is -0.436 e. The van der Waals surface area contributed by atoms with Crippen molar-refractivity contribution >= 4 is 48.1 Å². The van der Waals surface area contributed by atoms with Gasteiger partial charge in [0.15, 0.2) is 0 Å². The third-order valence-corrected chi connectivity index (χ3v) is 14.3. The van der Waals surface area contributed by atoms with Gasteiger partial charge in [-0.15, -0.1) is 0 Å². The standard InChI is InChI=1S/C43H36O4P2/c1-29-13-25-37-38-28-32(43(2,3)4)20-26-40(38)47-49(45,42(37)27-29)34-23-18-31(19-24-34)15-14-30-16-21-33(22-17-30)48(44)41-12-8-6-10-36(41)35-9-5-7-11-39(35)46-48/h5-28H,1-4H3. The van der Waals surface area contributed by atoms with Crippen molar-refractivity contribution in [2.45, 2.75) is 33.1 Å². The van der Waals surface area contributed by atoms with E-state index in [4.69, 9.17) is 9.05 Å². The highest BCUT2D eigenvalue weighted by Crippen LogP contribution is 2.55. The molecule has 0 bridgehead atoms. The number of aryl methyl sites for hydroxylation is 1. The molecule has 0 saturated carbocycles. The summed E-state index contributed by atoms with van der Waals surface area (Å²) < 4.78 is 41.9. The average molecular weight is 679 g/mol. The Hall–Kier alpha value is -4.88. The van der Waals surface area contributed by atoms with Gasteiger partial charge in [-0.2, -0.15) is 0 Å². The second-order valence-corrected chi connectivity index (χ2v) is 18.4. The van der Waals surface area contributed by atoms with Crippen molar-refractivity contribution in [1.29, 1.82) is 0 Å². The molecule has 2 aliphatic heterocycles. The van der Waals surface area contributed by atoms with E-state index in [0.29, 0.717) is 27.4 Å². The fraction of sp³-hybridized carbons (Fsp3) is 0.116. The van der Waals surface area contributed by atoms with Crippen LogP contribution < -0.4 is 30.3 Å². The molecule has 2 aliphatic rings. The molecule has 6 aromatic rings. The quantitative estimate of drug-likeness (QED) is 0.138. The molecular formula is C43H36O4P2. The average Bonchev–Trinajstić information content (AvgIpc) is 3.11. The molecule has 2 unspecified atom stereocenters. The lowest BCUT2D eigenvalue weighted by Crippen LogP contribution is -2.26. The summed E-state index contributed by atoms with van der Waals surface area (Å²) in [6.07, 6.45) is 4.03. The number of rotatable bonds is 4. The maximum atomic E-state index is 14.8. The van der Waals surface area contributed by atoms with Crippen LogP contribution >= 0.6 is 14.7 Å². The van der Waals surface area contributed by atoms with Crippen LogP contribution in [-0.4, -0.2) is 0 Å². The topological polar surface area (TPSA) is 52.6 Å². The first kappa shape index (κ1) is 31.4. The molecule has 0 aromatic heterocycles. The van der Waals surface area contributed by atoms with Gasteiger partial charge in [0.2, 0.25) is 0 Å². The Kier molecular flexibility index (Phi) is 7.45. The third-order valence-electron chi connectivity index (χ3n) is 9.39. The molecule has 0 radical (unpaired) electrons. The SMILES string of the molecule is Cc1ccc2c(c1)P(=O)(c1ccc(C=Cc3ccc(P4(=O)Oc5ccccc5-c5ccccc54)cc3)cc1)Oc1ccc(C(C)(C)C)cc1-2. The van der Waals surface area contributed by atoms with E-state index in [0.717, 1.165) is 44.2 Å². The Morgan fingerprint density at radius 2 is 1.04 bits per heavy atom. The summed E-state index contributed by atoms with van der Waals surface area (Å²) >= 11 is 0. The lowest BCUT2D eigenvalue weighted by molar-refractivity contribution is 0.500. The van der Waals surface area contributed by atoms with Crippen molar-refractivity contribution < 1.29 is 18.2 Å². The molecule has 2 atom stereocenters. The second kappa shape index (κ2) is 11.6. The minimum absolute atomic E-state index is 0.0189. The van der Waals surface area contributed by atoms with Crippen LogP contribution in [0.4, 0.5) is 0 Å². The minimum atomic E-state index is -3.40. The van der Waals surface area contributed by atoms with Gasteiger partial charge in [-0.05, 0) is 94.8 Å². The molecule has 49 heavy (non-hydrogen) atoms. The Labute approximate surface area is 288 Å². The van der Waals surface area contributed by atoms with Crippen LogP contribution in [0.5, 0.6) is 11.5 Å². The van der Waals surface area contributed by atoms with Crippen LogP contribution in [0.15, 0.2) is 133 Å². The largest absolute Gasteiger partial charge is 0.436 e. The lowest BCUT2D eigenvalue weighted by Gasteiger charge is -2.31. The van der Waals surface area contributed by atoms with Gasteiger partial charge in [-0.3, -0.25) is 9.13 Å². The molecule has 0 amide bonds. The fourth-order valence-corrected chi connectivity index (χ4v) is 11.2. The zero-order valence-corrected chi connectivity index (χ0v) is 29.7. The van der Waals surface area contributed by atoms with E-state index in [9.17, 15) is 9.13 Å². The summed E-state index contributed by atoms with van der Waals surface area (Å²) in [7, 11) is -6.73. The molecule has 0 aliphatic carbocycles. The van der Waals surface area contributed by atoms with E-state index in [1.54, 1.807) is 0 Å². The summed E-state index contributed by atoms with van der Waals surface area (Å²) in [6, 6.07) is 43.3. The van der Waals surface area contributed by atoms with Crippen LogP contribution in [0.3, 0.4) is 0 Å². The first-order valence-electron chi connectivity index (χ1n) is 16.5. The molecule has 0 saturated heterocycles. The molecule has 6 aromatic carbocycles. The summed E-state index contributed by atoms with van der Waals surface area (Å²) in [5, 5.41) is 2.76. The van der Waals surface area contributed by atoms with Gasteiger partial charge in [0.25, 0.3) is 0 Å². The molecule has 6 heteroatoms. The van der Waals surface area contributed by atoms with Crippen LogP contribution in [0, 0.1) is 6.92 Å². The van der Waals surface area contributed by atoms with E-state index in [2.05, 4.69) is 45.0 Å². The molecule has 2 heterocycles. The van der Waals surface area contributed by atoms with Gasteiger partial charge in [-0.1, -0.05) is 117 Å². The van der Waals surface area contributed by atoms with Crippen LogP contribution in [0.25, 0.3) is 34.4 Å². The lowest BCUT2D eigenvalue weighted by atomic mass is 9.85. The highest BCUT2D eigenvalue weighted by Gasteiger charge is 2.39. The Balaban J connectivity index is 1.06. The van der Waals surface area contributed by atoms with Gasteiger partial charge < -0.3 is 9.05 Å². The predicted molar refractivity (Wildman–Crippen MR) is 204 cm³/mol. The Morgan fingerprint density at radius 3 is 1.67 bits per heavy atom. The van der Waals surface area contributed by atoms with E-state index in [1.807, 2.05) is 128 Å². The number of fused-ring (bicyclic) bond motifs is 6. The molecule has 0 fully saturated rings. The van der Waals surface area contributed by atoms with Crippen molar-refractivity contribution in [3.05, 3.63) is 156 Å². The maximum absolute atomic E-state index is 14.8. The van der Waals surface area contributed by atoms with E-state index < -0.39 is 14.7 Å². The normalized spacial score (nSPS) is 19.2. The summed E-state index contributed by atoms with van der Waals surface area (Å²) in [6.45, 7) is 8.60. The number of para-hydroxylation sites is 1. The Bertz CT molecular complexity index is 2380. The van der Waals surface area contributed by atoms with Crippen LogP contribution in [0.1, 0.15) is 43.0 Å². The van der Waals surface area contributed by atoms with Crippen LogP contribution in [-0.2, 0) is 14.5 Å². The van der Waals surface area contributed by atoms with Crippen molar-refractivity contribution in [2.24, 2.45) is 0 Å². The van der Waals surface area contributed by atoms with Crippen molar-refractivity contribution in [3.63, 3.8) is 0 Å². The molecular weight excluding hydrogens is 642 g/mol. The smallest absolute Gasteiger partial charge is 0.307 e. The van der Waals surface area contributed by atoms with Crippen molar-refractivity contribution in [1.82, 2.24) is 0 Å². The van der Waals surface area contributed by atoms with Crippen molar-refractivity contribution in [3.8, 4) is 33.8 Å². The predicted octanol–water partition coefficient (Wildman–Crippen LogP) is 10.0. The summed E-state index contributed by atoms with van der Waals surface area (Å²) in [5.41, 5.74) is 7.99.